The van der Waals surface area contributed by atoms with Crippen molar-refractivity contribution in [3.05, 3.63) is 40.6 Å². The van der Waals surface area contributed by atoms with Gasteiger partial charge in [-0.2, -0.15) is 0 Å². The van der Waals surface area contributed by atoms with Gasteiger partial charge in [-0.05, 0) is 12.1 Å². The van der Waals surface area contributed by atoms with Gasteiger partial charge in [-0.25, -0.2) is 4.39 Å². The maximum atomic E-state index is 13.8. The van der Waals surface area contributed by atoms with Crippen molar-refractivity contribution in [2.75, 3.05) is 32.8 Å². The molecule has 0 unspecified atom stereocenters. The summed E-state index contributed by atoms with van der Waals surface area (Å²) in [4.78, 5) is 28.2. The lowest BCUT2D eigenvalue weighted by Gasteiger charge is -2.27. The number of rotatable bonds is 4. The summed E-state index contributed by atoms with van der Waals surface area (Å²) >= 11 is 6.37. The van der Waals surface area contributed by atoms with Gasteiger partial charge in [0.15, 0.2) is 0 Å². The van der Waals surface area contributed by atoms with E-state index < -0.39 is 5.82 Å². The van der Waals surface area contributed by atoms with E-state index in [1.54, 1.807) is 23.1 Å². The molecule has 1 aromatic rings. The Kier molecular flexibility index (Phi) is 5.82. The highest BCUT2D eigenvalue weighted by Gasteiger charge is 2.32. The number of nitrogens with zero attached hydrogens (tertiary/aromatic N) is 2. The SMILES string of the molecule is O=C(CCN1C(=O)/C(=C/c2ccccc2F)SC1=S)N1CCOCC1. The van der Waals surface area contributed by atoms with Crippen molar-refractivity contribution in [3.8, 4) is 0 Å². The highest BCUT2D eigenvalue weighted by atomic mass is 32.2. The van der Waals surface area contributed by atoms with Gasteiger partial charge < -0.3 is 9.64 Å². The van der Waals surface area contributed by atoms with Gasteiger partial charge in [0.1, 0.15) is 10.1 Å². The lowest BCUT2D eigenvalue weighted by Crippen LogP contribution is -2.42. The van der Waals surface area contributed by atoms with Crippen LogP contribution >= 0.6 is 24.0 Å². The minimum Gasteiger partial charge on any atom is -0.378 e. The van der Waals surface area contributed by atoms with Gasteiger partial charge in [0.2, 0.25) is 5.91 Å². The van der Waals surface area contributed by atoms with Crippen molar-refractivity contribution in [1.82, 2.24) is 9.80 Å². The first-order valence-electron chi connectivity index (χ1n) is 7.91. The fourth-order valence-corrected chi connectivity index (χ4v) is 3.90. The Morgan fingerprint density at radius 2 is 2.04 bits per heavy atom. The molecule has 2 amide bonds. The van der Waals surface area contributed by atoms with Gasteiger partial charge >= 0.3 is 0 Å². The Morgan fingerprint density at radius 1 is 1.32 bits per heavy atom. The molecule has 0 atom stereocenters. The molecule has 132 valence electrons. The summed E-state index contributed by atoms with van der Waals surface area (Å²) < 4.78 is 19.4. The zero-order chi connectivity index (χ0) is 17.8. The number of benzene rings is 1. The van der Waals surface area contributed by atoms with Crippen LogP contribution in [0.4, 0.5) is 4.39 Å². The molecule has 0 bridgehead atoms. The third kappa shape index (κ3) is 4.26. The van der Waals surface area contributed by atoms with Crippen molar-refractivity contribution in [1.29, 1.82) is 0 Å². The van der Waals surface area contributed by atoms with Gasteiger partial charge in [0, 0.05) is 31.6 Å². The highest BCUT2D eigenvalue weighted by molar-refractivity contribution is 8.26. The molecule has 0 aromatic heterocycles. The molecule has 2 fully saturated rings. The first-order valence-corrected chi connectivity index (χ1v) is 9.14. The number of hydrogen-bond acceptors (Lipinski definition) is 5. The van der Waals surface area contributed by atoms with E-state index in [2.05, 4.69) is 0 Å². The molecule has 2 aliphatic heterocycles. The van der Waals surface area contributed by atoms with E-state index in [9.17, 15) is 14.0 Å². The van der Waals surface area contributed by atoms with Crippen LogP contribution in [0.25, 0.3) is 6.08 Å². The van der Waals surface area contributed by atoms with Crippen LogP contribution in [0, 0.1) is 5.82 Å². The second-order valence-electron chi connectivity index (χ2n) is 5.60. The quantitative estimate of drug-likeness (QED) is 0.593. The zero-order valence-corrected chi connectivity index (χ0v) is 15.1. The number of morpholine rings is 1. The molecule has 0 N–H and O–H groups in total. The largest absolute Gasteiger partial charge is 0.378 e. The van der Waals surface area contributed by atoms with Crippen LogP contribution in [0.3, 0.4) is 0 Å². The van der Waals surface area contributed by atoms with Crippen molar-refractivity contribution < 1.29 is 18.7 Å². The molecular formula is C17H17FN2O3S2. The molecule has 2 saturated heterocycles. The first kappa shape index (κ1) is 18.0. The van der Waals surface area contributed by atoms with Crippen LogP contribution < -0.4 is 0 Å². The molecule has 0 spiro atoms. The zero-order valence-electron chi connectivity index (χ0n) is 13.4. The van der Waals surface area contributed by atoms with Crippen molar-refractivity contribution >= 4 is 46.2 Å². The van der Waals surface area contributed by atoms with Crippen molar-refractivity contribution in [2.45, 2.75) is 6.42 Å². The normalized spacial score (nSPS) is 19.8. The van der Waals surface area contributed by atoms with Crippen LogP contribution in [0.15, 0.2) is 29.2 Å². The summed E-state index contributed by atoms with van der Waals surface area (Å²) in [6.45, 7) is 2.46. The molecule has 2 heterocycles. The van der Waals surface area contributed by atoms with Crippen LogP contribution in [0.1, 0.15) is 12.0 Å². The molecule has 0 radical (unpaired) electrons. The predicted molar refractivity (Wildman–Crippen MR) is 98.3 cm³/mol. The number of hydrogen-bond donors (Lipinski definition) is 0. The van der Waals surface area contributed by atoms with Crippen molar-refractivity contribution in [2.24, 2.45) is 0 Å². The lowest BCUT2D eigenvalue weighted by molar-refractivity contribution is -0.135. The monoisotopic (exact) mass is 380 g/mol. The van der Waals surface area contributed by atoms with Gasteiger partial charge in [-0.1, -0.05) is 42.2 Å². The number of thioether (sulfide) groups is 1. The minimum atomic E-state index is -0.393. The molecule has 5 nitrogen and oxygen atoms in total. The summed E-state index contributed by atoms with van der Waals surface area (Å²) in [5, 5.41) is 0. The van der Waals surface area contributed by atoms with Gasteiger partial charge in [0.25, 0.3) is 5.91 Å². The summed E-state index contributed by atoms with van der Waals surface area (Å²) in [6.07, 6.45) is 1.71. The fourth-order valence-electron chi connectivity index (χ4n) is 2.60. The van der Waals surface area contributed by atoms with E-state index >= 15 is 0 Å². The van der Waals surface area contributed by atoms with E-state index in [0.717, 1.165) is 11.8 Å². The molecular weight excluding hydrogens is 363 g/mol. The Balaban J connectivity index is 1.63. The third-order valence-electron chi connectivity index (χ3n) is 3.98. The molecule has 8 heteroatoms. The van der Waals surface area contributed by atoms with E-state index in [-0.39, 0.29) is 24.8 Å². The van der Waals surface area contributed by atoms with Crippen LogP contribution in [-0.2, 0) is 14.3 Å². The third-order valence-corrected chi connectivity index (χ3v) is 5.36. The average molecular weight is 380 g/mol. The number of halogens is 1. The Bertz CT molecular complexity index is 732. The number of thiocarbonyl (C=S) groups is 1. The Morgan fingerprint density at radius 3 is 2.76 bits per heavy atom. The number of ether oxygens (including phenoxy) is 1. The number of amides is 2. The van der Waals surface area contributed by atoms with Crippen LogP contribution in [-0.4, -0.2) is 58.8 Å². The fraction of sp³-hybridized carbons (Fsp3) is 0.353. The minimum absolute atomic E-state index is 0.0181. The average Bonchev–Trinajstić information content (AvgIpc) is 2.89. The smallest absolute Gasteiger partial charge is 0.266 e. The van der Waals surface area contributed by atoms with Gasteiger partial charge in [-0.15, -0.1) is 0 Å². The Labute approximate surface area is 154 Å². The Hall–Kier alpha value is -1.77. The van der Waals surface area contributed by atoms with E-state index in [1.165, 1.54) is 17.0 Å². The summed E-state index contributed by atoms with van der Waals surface area (Å²) in [5.74, 6) is -0.696. The second kappa shape index (κ2) is 8.07. The van der Waals surface area contributed by atoms with E-state index in [0.29, 0.717) is 41.1 Å². The molecule has 1 aromatic carbocycles. The number of carbonyl (C=O) groups excluding carboxylic acids is 2. The lowest BCUT2D eigenvalue weighted by atomic mass is 10.2. The molecule has 0 saturated carbocycles. The van der Waals surface area contributed by atoms with E-state index in [4.69, 9.17) is 17.0 Å². The first-order chi connectivity index (χ1) is 12.1. The van der Waals surface area contributed by atoms with Crippen LogP contribution in [0.5, 0.6) is 0 Å². The maximum absolute atomic E-state index is 13.8. The molecule has 25 heavy (non-hydrogen) atoms. The predicted octanol–water partition coefficient (Wildman–Crippen LogP) is 2.28. The topological polar surface area (TPSA) is 49.9 Å². The van der Waals surface area contributed by atoms with Crippen molar-refractivity contribution in [3.63, 3.8) is 0 Å². The molecule has 3 rings (SSSR count). The number of carbonyl (C=O) groups is 2. The van der Waals surface area contributed by atoms with E-state index in [1.807, 2.05) is 0 Å². The standard InChI is InChI=1S/C17H17FN2O3S2/c18-13-4-2-1-3-12(13)11-14-16(22)20(17(24)25-14)6-5-15(21)19-7-9-23-10-8-19/h1-4,11H,5-10H2/b14-11-. The van der Waals surface area contributed by atoms with Gasteiger partial charge in [0.05, 0.1) is 18.1 Å². The molecule has 2 aliphatic rings. The van der Waals surface area contributed by atoms with Gasteiger partial charge in [-0.3, -0.25) is 14.5 Å². The summed E-state index contributed by atoms with van der Waals surface area (Å²) in [5.41, 5.74) is 0.340. The molecule has 0 aliphatic carbocycles. The summed E-state index contributed by atoms with van der Waals surface area (Å²) in [7, 11) is 0. The maximum Gasteiger partial charge on any atom is 0.266 e. The summed E-state index contributed by atoms with van der Waals surface area (Å²) in [6, 6.07) is 6.24. The highest BCUT2D eigenvalue weighted by Crippen LogP contribution is 2.33. The second-order valence-corrected chi connectivity index (χ2v) is 7.27. The van der Waals surface area contributed by atoms with Crippen LogP contribution in [0.2, 0.25) is 0 Å².